The van der Waals surface area contributed by atoms with E-state index in [1.54, 1.807) is 36.3 Å². The first-order valence-corrected chi connectivity index (χ1v) is 9.24. The second-order valence-corrected chi connectivity index (χ2v) is 6.29. The van der Waals surface area contributed by atoms with Crippen LogP contribution in [0.2, 0.25) is 0 Å². The van der Waals surface area contributed by atoms with Crippen molar-refractivity contribution in [2.75, 3.05) is 6.61 Å². The molecule has 0 unspecified atom stereocenters. The first kappa shape index (κ1) is 18.4. The number of benzene rings is 1. The van der Waals surface area contributed by atoms with Crippen LogP contribution in [0.4, 0.5) is 0 Å². The van der Waals surface area contributed by atoms with Gasteiger partial charge in [0.05, 0.1) is 30.3 Å². The van der Waals surface area contributed by atoms with Crippen LogP contribution < -0.4 is 0 Å². The number of esters is 1. The van der Waals surface area contributed by atoms with E-state index < -0.39 is 5.97 Å². The smallest absolute Gasteiger partial charge is 0.339 e. The van der Waals surface area contributed by atoms with Gasteiger partial charge in [-0.15, -0.1) is 0 Å². The van der Waals surface area contributed by atoms with Crippen molar-refractivity contribution in [1.29, 1.82) is 0 Å². The number of carbonyl (C=O) groups is 1. The predicted octanol–water partition coefficient (Wildman–Crippen LogP) is 3.45. The quantitative estimate of drug-likeness (QED) is 0.399. The monoisotopic (exact) mass is 382 g/mol. The summed E-state index contributed by atoms with van der Waals surface area (Å²) >= 11 is 0. The van der Waals surface area contributed by atoms with Gasteiger partial charge in [0.2, 0.25) is 0 Å². The normalized spacial score (nSPS) is 10.4. The minimum absolute atomic E-state index is 0.291. The molecule has 0 N–H and O–H groups in total. The Hall–Kier alpha value is -3.98. The second kappa shape index (κ2) is 8.36. The molecule has 0 spiro atoms. The van der Waals surface area contributed by atoms with Crippen LogP contribution in [0.25, 0.3) is 11.0 Å². The van der Waals surface area contributed by atoms with Gasteiger partial charge in [0.1, 0.15) is 5.69 Å². The Morgan fingerprint density at radius 1 is 1.10 bits per heavy atom. The maximum atomic E-state index is 12.5. The molecule has 0 aliphatic heterocycles. The fourth-order valence-electron chi connectivity index (χ4n) is 2.92. The molecule has 0 amide bonds. The standard InChI is InChI=1S/C23H18N4O2/c1-2-29-23(28)20-14-19(9-8-17-6-4-3-5-7-17)26-22-21(20)15-25-27(22)16-18-10-12-24-13-11-18/h3-7,10-15H,2,16H2,1H3. The largest absolute Gasteiger partial charge is 0.462 e. The first-order chi connectivity index (χ1) is 14.2. The van der Waals surface area contributed by atoms with E-state index in [0.29, 0.717) is 35.4 Å². The minimum Gasteiger partial charge on any atom is -0.462 e. The van der Waals surface area contributed by atoms with E-state index in [-0.39, 0.29) is 0 Å². The Kier molecular flexibility index (Phi) is 5.30. The zero-order valence-electron chi connectivity index (χ0n) is 15.9. The highest BCUT2D eigenvalue weighted by molar-refractivity contribution is 6.02. The molecular weight excluding hydrogens is 364 g/mol. The first-order valence-electron chi connectivity index (χ1n) is 9.24. The fourth-order valence-corrected chi connectivity index (χ4v) is 2.92. The van der Waals surface area contributed by atoms with E-state index in [4.69, 9.17) is 4.74 Å². The summed E-state index contributed by atoms with van der Waals surface area (Å²) in [6.07, 6.45) is 5.11. The molecule has 0 saturated carbocycles. The van der Waals surface area contributed by atoms with Crippen molar-refractivity contribution in [3.63, 3.8) is 0 Å². The van der Waals surface area contributed by atoms with E-state index in [9.17, 15) is 4.79 Å². The number of ether oxygens (including phenoxy) is 1. The molecule has 0 aliphatic carbocycles. The van der Waals surface area contributed by atoms with Crippen LogP contribution in [0.1, 0.15) is 34.1 Å². The number of carbonyl (C=O) groups excluding carboxylic acids is 1. The predicted molar refractivity (Wildman–Crippen MR) is 109 cm³/mol. The van der Waals surface area contributed by atoms with Gasteiger partial charge < -0.3 is 4.74 Å². The third-order valence-electron chi connectivity index (χ3n) is 4.29. The van der Waals surface area contributed by atoms with Crippen LogP contribution in [0.3, 0.4) is 0 Å². The van der Waals surface area contributed by atoms with Gasteiger partial charge in [-0.1, -0.05) is 24.1 Å². The molecule has 0 saturated heterocycles. The fraction of sp³-hybridized carbons (Fsp3) is 0.130. The van der Waals surface area contributed by atoms with E-state index in [0.717, 1.165) is 11.1 Å². The molecule has 6 nitrogen and oxygen atoms in total. The van der Waals surface area contributed by atoms with E-state index in [1.807, 2.05) is 42.5 Å². The molecule has 0 radical (unpaired) electrons. The van der Waals surface area contributed by atoms with Gasteiger partial charge in [-0.25, -0.2) is 14.5 Å². The van der Waals surface area contributed by atoms with Crippen LogP contribution in [0.5, 0.6) is 0 Å². The topological polar surface area (TPSA) is 69.9 Å². The summed E-state index contributed by atoms with van der Waals surface area (Å²) < 4.78 is 6.97. The number of rotatable bonds is 4. The van der Waals surface area contributed by atoms with E-state index >= 15 is 0 Å². The lowest BCUT2D eigenvalue weighted by Gasteiger charge is -2.06. The molecule has 0 aliphatic rings. The molecule has 6 heteroatoms. The van der Waals surface area contributed by atoms with Crippen molar-refractivity contribution in [3.8, 4) is 11.8 Å². The van der Waals surface area contributed by atoms with Crippen LogP contribution in [0.15, 0.2) is 67.1 Å². The zero-order chi connectivity index (χ0) is 20.1. The lowest BCUT2D eigenvalue weighted by atomic mass is 10.1. The zero-order valence-corrected chi connectivity index (χ0v) is 15.9. The molecule has 29 heavy (non-hydrogen) atoms. The summed E-state index contributed by atoms with van der Waals surface area (Å²) in [6, 6.07) is 15.1. The van der Waals surface area contributed by atoms with Gasteiger partial charge in [0.15, 0.2) is 5.65 Å². The highest BCUT2D eigenvalue weighted by Gasteiger charge is 2.17. The third-order valence-corrected chi connectivity index (χ3v) is 4.29. The molecule has 0 fully saturated rings. The van der Waals surface area contributed by atoms with Gasteiger partial charge in [-0.2, -0.15) is 5.10 Å². The molecule has 3 heterocycles. The van der Waals surface area contributed by atoms with E-state index in [2.05, 4.69) is 26.9 Å². The van der Waals surface area contributed by atoms with Gasteiger partial charge in [-0.05, 0) is 48.7 Å². The summed E-state index contributed by atoms with van der Waals surface area (Å²) in [7, 11) is 0. The lowest BCUT2D eigenvalue weighted by molar-refractivity contribution is 0.0528. The molecule has 1 aromatic carbocycles. The molecular formula is C23H18N4O2. The van der Waals surface area contributed by atoms with Gasteiger partial charge >= 0.3 is 5.97 Å². The van der Waals surface area contributed by atoms with Gasteiger partial charge in [0.25, 0.3) is 0 Å². The molecule has 0 atom stereocenters. The number of nitrogens with zero attached hydrogens (tertiary/aromatic N) is 4. The number of pyridine rings is 2. The molecule has 4 aromatic rings. The van der Waals surface area contributed by atoms with Crippen molar-refractivity contribution in [1.82, 2.24) is 19.7 Å². The molecule has 142 valence electrons. The SMILES string of the molecule is CCOC(=O)c1cc(C#Cc2ccccc2)nc2c1cnn2Cc1ccncc1. The Morgan fingerprint density at radius 3 is 2.66 bits per heavy atom. The van der Waals surface area contributed by atoms with Crippen LogP contribution >= 0.6 is 0 Å². The Bertz CT molecular complexity index is 1210. The highest BCUT2D eigenvalue weighted by atomic mass is 16.5. The minimum atomic E-state index is -0.411. The maximum Gasteiger partial charge on any atom is 0.339 e. The van der Waals surface area contributed by atoms with Crippen molar-refractivity contribution in [3.05, 3.63) is 89.5 Å². The molecule has 0 bridgehead atoms. The van der Waals surface area contributed by atoms with Gasteiger partial charge in [-0.3, -0.25) is 4.98 Å². The second-order valence-electron chi connectivity index (χ2n) is 6.29. The summed E-state index contributed by atoms with van der Waals surface area (Å²) in [5.41, 5.74) is 3.39. The van der Waals surface area contributed by atoms with Crippen LogP contribution in [-0.4, -0.2) is 32.3 Å². The van der Waals surface area contributed by atoms with Gasteiger partial charge in [0, 0.05) is 18.0 Å². The molecule has 4 rings (SSSR count). The average molecular weight is 382 g/mol. The third kappa shape index (κ3) is 4.14. The Morgan fingerprint density at radius 2 is 1.90 bits per heavy atom. The summed E-state index contributed by atoms with van der Waals surface area (Å²) in [6.45, 7) is 2.58. The summed E-state index contributed by atoms with van der Waals surface area (Å²) in [5, 5.41) is 5.07. The lowest BCUT2D eigenvalue weighted by Crippen LogP contribution is -2.08. The van der Waals surface area contributed by atoms with Crippen molar-refractivity contribution in [2.45, 2.75) is 13.5 Å². The number of hydrogen-bond donors (Lipinski definition) is 0. The Labute approximate surface area is 168 Å². The summed E-state index contributed by atoms with van der Waals surface area (Å²) in [5.74, 6) is 5.72. The van der Waals surface area contributed by atoms with E-state index in [1.165, 1.54) is 0 Å². The van der Waals surface area contributed by atoms with Crippen molar-refractivity contribution in [2.24, 2.45) is 0 Å². The number of fused-ring (bicyclic) bond motifs is 1. The van der Waals surface area contributed by atoms with Crippen LogP contribution in [0, 0.1) is 11.8 Å². The number of aromatic nitrogens is 4. The highest BCUT2D eigenvalue weighted by Crippen LogP contribution is 2.20. The van der Waals surface area contributed by atoms with Crippen LogP contribution in [-0.2, 0) is 11.3 Å². The van der Waals surface area contributed by atoms with Crippen molar-refractivity contribution < 1.29 is 9.53 Å². The number of hydrogen-bond acceptors (Lipinski definition) is 5. The Balaban J connectivity index is 1.80. The summed E-state index contributed by atoms with van der Waals surface area (Å²) in [4.78, 5) is 21.2. The molecule has 3 aromatic heterocycles. The average Bonchev–Trinajstić information content (AvgIpc) is 3.16. The maximum absolute atomic E-state index is 12.5. The van der Waals surface area contributed by atoms with Crippen molar-refractivity contribution >= 4 is 17.0 Å².